The minimum atomic E-state index is -0.318. The van der Waals surface area contributed by atoms with Crippen molar-refractivity contribution in [2.24, 2.45) is 0 Å². The second-order valence-electron chi connectivity index (χ2n) is 2.87. The summed E-state index contributed by atoms with van der Waals surface area (Å²) in [4.78, 5) is 10.6. The zero-order valence-corrected chi connectivity index (χ0v) is 8.51. The maximum atomic E-state index is 10.6. The summed E-state index contributed by atoms with van der Waals surface area (Å²) in [6, 6.07) is 0. The number of ether oxygens (including phenoxy) is 1. The van der Waals surface area contributed by atoms with Gasteiger partial charge in [0.15, 0.2) is 0 Å². The van der Waals surface area contributed by atoms with E-state index in [2.05, 4.69) is 17.0 Å². The standard InChI is InChI=1S/C10H19NO2/c1-3-4-5-6-8-11-9-7-10(12)13-2/h7,9,11H,3-6,8H2,1-2H3/b9-7+. The van der Waals surface area contributed by atoms with Crippen LogP contribution in [0.1, 0.15) is 32.6 Å². The lowest BCUT2D eigenvalue weighted by molar-refractivity contribution is -0.134. The highest BCUT2D eigenvalue weighted by Crippen LogP contribution is 1.96. The van der Waals surface area contributed by atoms with Crippen molar-refractivity contribution in [1.82, 2.24) is 5.32 Å². The van der Waals surface area contributed by atoms with E-state index >= 15 is 0 Å². The molecule has 13 heavy (non-hydrogen) atoms. The van der Waals surface area contributed by atoms with Gasteiger partial charge in [-0.25, -0.2) is 4.79 Å². The van der Waals surface area contributed by atoms with Crippen LogP contribution < -0.4 is 5.32 Å². The van der Waals surface area contributed by atoms with E-state index < -0.39 is 0 Å². The lowest BCUT2D eigenvalue weighted by Gasteiger charge is -1.99. The summed E-state index contributed by atoms with van der Waals surface area (Å²) < 4.78 is 4.43. The average Bonchev–Trinajstić information content (AvgIpc) is 2.16. The van der Waals surface area contributed by atoms with Crippen LogP contribution in [-0.4, -0.2) is 19.6 Å². The van der Waals surface area contributed by atoms with Crippen LogP contribution in [0.3, 0.4) is 0 Å². The van der Waals surface area contributed by atoms with Gasteiger partial charge in [-0.3, -0.25) is 0 Å². The van der Waals surface area contributed by atoms with Crippen LogP contribution in [0.4, 0.5) is 0 Å². The number of carbonyl (C=O) groups excluding carboxylic acids is 1. The van der Waals surface area contributed by atoms with Crippen LogP contribution in [0.25, 0.3) is 0 Å². The highest BCUT2D eigenvalue weighted by Gasteiger charge is 1.89. The average molecular weight is 185 g/mol. The first-order chi connectivity index (χ1) is 6.31. The predicted octanol–water partition coefficient (Wildman–Crippen LogP) is 1.84. The van der Waals surface area contributed by atoms with E-state index in [0.29, 0.717) is 0 Å². The van der Waals surface area contributed by atoms with Gasteiger partial charge in [-0.1, -0.05) is 26.2 Å². The van der Waals surface area contributed by atoms with Gasteiger partial charge in [0, 0.05) is 18.8 Å². The van der Waals surface area contributed by atoms with E-state index in [9.17, 15) is 4.79 Å². The summed E-state index contributed by atoms with van der Waals surface area (Å²) in [6.07, 6.45) is 7.95. The van der Waals surface area contributed by atoms with Gasteiger partial charge in [0.1, 0.15) is 0 Å². The van der Waals surface area contributed by atoms with Crippen molar-refractivity contribution in [1.29, 1.82) is 0 Å². The van der Waals surface area contributed by atoms with E-state index in [1.54, 1.807) is 6.20 Å². The summed E-state index contributed by atoms with van der Waals surface area (Å²) in [6.45, 7) is 3.11. The normalized spacial score (nSPS) is 10.3. The summed E-state index contributed by atoms with van der Waals surface area (Å²) in [5, 5.41) is 3.03. The van der Waals surface area contributed by atoms with Crippen LogP contribution in [0.15, 0.2) is 12.3 Å². The zero-order chi connectivity index (χ0) is 9.94. The number of carbonyl (C=O) groups is 1. The third-order valence-electron chi connectivity index (χ3n) is 1.71. The molecular weight excluding hydrogens is 166 g/mol. The third kappa shape index (κ3) is 8.92. The molecule has 1 N–H and O–H groups in total. The molecule has 0 aromatic rings. The zero-order valence-electron chi connectivity index (χ0n) is 8.51. The van der Waals surface area contributed by atoms with Crippen LogP contribution >= 0.6 is 0 Å². The molecule has 0 radical (unpaired) electrons. The van der Waals surface area contributed by atoms with Gasteiger partial charge in [-0.05, 0) is 6.42 Å². The number of nitrogens with one attached hydrogen (secondary N) is 1. The lowest BCUT2D eigenvalue weighted by Crippen LogP contribution is -2.08. The van der Waals surface area contributed by atoms with Gasteiger partial charge in [-0.2, -0.15) is 0 Å². The second kappa shape index (κ2) is 9.10. The van der Waals surface area contributed by atoms with Crippen molar-refractivity contribution in [3.63, 3.8) is 0 Å². The molecule has 0 aliphatic rings. The molecule has 0 spiro atoms. The monoisotopic (exact) mass is 185 g/mol. The molecule has 3 nitrogen and oxygen atoms in total. The van der Waals surface area contributed by atoms with Crippen molar-refractivity contribution in [2.45, 2.75) is 32.6 Å². The Kier molecular flexibility index (Phi) is 8.41. The molecule has 0 unspecified atom stereocenters. The molecular formula is C10H19NO2. The fraction of sp³-hybridized carbons (Fsp3) is 0.700. The Balaban J connectivity index is 3.15. The molecule has 0 saturated carbocycles. The number of rotatable bonds is 7. The lowest BCUT2D eigenvalue weighted by atomic mass is 10.2. The summed E-state index contributed by atoms with van der Waals surface area (Å²) in [5.41, 5.74) is 0. The first-order valence-corrected chi connectivity index (χ1v) is 4.79. The topological polar surface area (TPSA) is 38.3 Å². The SMILES string of the molecule is CCCCCCN/C=C/C(=O)OC. The van der Waals surface area contributed by atoms with E-state index in [4.69, 9.17) is 0 Å². The summed E-state index contributed by atoms with van der Waals surface area (Å²) in [5.74, 6) is -0.318. The van der Waals surface area contributed by atoms with Gasteiger partial charge >= 0.3 is 5.97 Å². The molecule has 0 fully saturated rings. The Morgan fingerprint density at radius 3 is 2.77 bits per heavy atom. The number of hydrogen-bond donors (Lipinski definition) is 1. The Morgan fingerprint density at radius 2 is 2.15 bits per heavy atom. The van der Waals surface area contributed by atoms with Crippen LogP contribution in [-0.2, 0) is 9.53 Å². The highest BCUT2D eigenvalue weighted by molar-refractivity contribution is 5.81. The molecule has 0 aliphatic carbocycles. The molecule has 0 amide bonds. The Bertz CT molecular complexity index is 155. The molecule has 3 heteroatoms. The predicted molar refractivity (Wildman–Crippen MR) is 53.3 cm³/mol. The third-order valence-corrected chi connectivity index (χ3v) is 1.71. The van der Waals surface area contributed by atoms with Crippen LogP contribution in [0.5, 0.6) is 0 Å². The number of esters is 1. The molecule has 0 rings (SSSR count). The van der Waals surface area contributed by atoms with Gasteiger partial charge in [0.2, 0.25) is 0 Å². The van der Waals surface area contributed by atoms with Crippen LogP contribution in [0.2, 0.25) is 0 Å². The maximum absolute atomic E-state index is 10.6. The van der Waals surface area contributed by atoms with Gasteiger partial charge in [-0.15, -0.1) is 0 Å². The van der Waals surface area contributed by atoms with E-state index in [-0.39, 0.29) is 5.97 Å². The largest absolute Gasteiger partial charge is 0.466 e. The van der Waals surface area contributed by atoms with E-state index in [0.717, 1.165) is 13.0 Å². The fourth-order valence-electron chi connectivity index (χ4n) is 0.932. The smallest absolute Gasteiger partial charge is 0.331 e. The van der Waals surface area contributed by atoms with Gasteiger partial charge in [0.25, 0.3) is 0 Å². The van der Waals surface area contributed by atoms with Gasteiger partial charge < -0.3 is 10.1 Å². The van der Waals surface area contributed by atoms with Gasteiger partial charge in [0.05, 0.1) is 7.11 Å². The second-order valence-corrected chi connectivity index (χ2v) is 2.87. The molecule has 0 atom stereocenters. The number of methoxy groups -OCH3 is 1. The Labute approximate surface area is 80.2 Å². The molecule has 0 aromatic carbocycles. The molecule has 0 saturated heterocycles. The summed E-state index contributed by atoms with van der Waals surface area (Å²) in [7, 11) is 1.37. The molecule has 0 bridgehead atoms. The van der Waals surface area contributed by atoms with E-state index in [1.165, 1.54) is 32.4 Å². The van der Waals surface area contributed by atoms with Crippen LogP contribution in [0, 0.1) is 0 Å². The minimum Gasteiger partial charge on any atom is -0.466 e. The highest BCUT2D eigenvalue weighted by atomic mass is 16.5. The molecule has 0 heterocycles. The quantitative estimate of drug-likeness (QED) is 0.373. The maximum Gasteiger partial charge on any atom is 0.331 e. The molecule has 0 aromatic heterocycles. The van der Waals surface area contributed by atoms with Crippen molar-refractivity contribution in [3.05, 3.63) is 12.3 Å². The minimum absolute atomic E-state index is 0.318. The van der Waals surface area contributed by atoms with Crippen molar-refractivity contribution in [3.8, 4) is 0 Å². The van der Waals surface area contributed by atoms with Crippen molar-refractivity contribution in [2.75, 3.05) is 13.7 Å². The first-order valence-electron chi connectivity index (χ1n) is 4.79. The Morgan fingerprint density at radius 1 is 1.38 bits per heavy atom. The summed E-state index contributed by atoms with van der Waals surface area (Å²) >= 11 is 0. The molecule has 76 valence electrons. The Hall–Kier alpha value is -0.990. The van der Waals surface area contributed by atoms with E-state index in [1.807, 2.05) is 0 Å². The fourth-order valence-corrected chi connectivity index (χ4v) is 0.932. The number of unbranched alkanes of at least 4 members (excludes halogenated alkanes) is 3. The van der Waals surface area contributed by atoms with Crippen molar-refractivity contribution >= 4 is 5.97 Å². The van der Waals surface area contributed by atoms with Crippen molar-refractivity contribution < 1.29 is 9.53 Å². The molecule has 0 aliphatic heterocycles. The first kappa shape index (κ1) is 12.0. The number of hydrogen-bond acceptors (Lipinski definition) is 3.